The predicted octanol–water partition coefficient (Wildman–Crippen LogP) is 1.86. The van der Waals surface area contributed by atoms with Crippen molar-refractivity contribution in [1.82, 2.24) is 10.3 Å². The number of fused-ring (bicyclic) bond motifs is 1. The monoisotopic (exact) mass is 286 g/mol. The Bertz CT molecular complexity index is 705. The zero-order valence-corrected chi connectivity index (χ0v) is 11.8. The van der Waals surface area contributed by atoms with E-state index in [-0.39, 0.29) is 11.8 Å². The van der Waals surface area contributed by atoms with E-state index in [1.807, 2.05) is 12.3 Å². The molecule has 1 aromatic heterocycles. The SMILES string of the molecule is Cc1cccc2c(CCNC(=O)[C@H]3C[C@@H]3C(=O)O)c[nH]c12. The highest BCUT2D eigenvalue weighted by atomic mass is 16.4. The average Bonchev–Trinajstić information content (AvgIpc) is 3.16. The Morgan fingerprint density at radius 3 is 2.90 bits per heavy atom. The molecule has 2 atom stereocenters. The number of benzene rings is 1. The van der Waals surface area contributed by atoms with Crippen molar-refractivity contribution in [3.8, 4) is 0 Å². The molecule has 1 saturated carbocycles. The lowest BCUT2D eigenvalue weighted by Crippen LogP contribution is -2.28. The second-order valence-corrected chi connectivity index (χ2v) is 5.64. The minimum absolute atomic E-state index is 0.140. The van der Waals surface area contributed by atoms with E-state index >= 15 is 0 Å². The summed E-state index contributed by atoms with van der Waals surface area (Å²) >= 11 is 0. The van der Waals surface area contributed by atoms with Crippen molar-refractivity contribution < 1.29 is 14.7 Å². The number of aromatic nitrogens is 1. The molecule has 0 saturated heterocycles. The third-order valence-corrected chi connectivity index (χ3v) is 4.15. The Labute approximate surface area is 122 Å². The molecule has 1 amide bonds. The number of carbonyl (C=O) groups excluding carboxylic acids is 1. The van der Waals surface area contributed by atoms with Crippen LogP contribution in [-0.4, -0.2) is 28.5 Å². The summed E-state index contributed by atoms with van der Waals surface area (Å²) in [5.74, 6) is -1.84. The largest absolute Gasteiger partial charge is 0.481 e. The minimum Gasteiger partial charge on any atom is -0.481 e. The second-order valence-electron chi connectivity index (χ2n) is 5.64. The first kappa shape index (κ1) is 13.7. The number of aryl methyl sites for hydroxylation is 1. The van der Waals surface area contributed by atoms with E-state index in [0.29, 0.717) is 13.0 Å². The van der Waals surface area contributed by atoms with Crippen LogP contribution in [0.4, 0.5) is 0 Å². The number of para-hydroxylation sites is 1. The van der Waals surface area contributed by atoms with Crippen molar-refractivity contribution in [3.05, 3.63) is 35.5 Å². The predicted molar refractivity (Wildman–Crippen MR) is 79.0 cm³/mol. The lowest BCUT2D eigenvalue weighted by atomic mass is 10.1. The molecule has 1 aliphatic rings. The number of hydrogen-bond acceptors (Lipinski definition) is 2. The molecule has 3 N–H and O–H groups in total. The summed E-state index contributed by atoms with van der Waals surface area (Å²) in [5, 5.41) is 12.8. The van der Waals surface area contributed by atoms with E-state index < -0.39 is 11.9 Å². The van der Waals surface area contributed by atoms with Gasteiger partial charge < -0.3 is 15.4 Å². The Morgan fingerprint density at radius 2 is 2.19 bits per heavy atom. The highest BCUT2D eigenvalue weighted by molar-refractivity contribution is 5.89. The average molecular weight is 286 g/mol. The zero-order valence-electron chi connectivity index (χ0n) is 11.8. The van der Waals surface area contributed by atoms with Gasteiger partial charge in [0.2, 0.25) is 5.91 Å². The molecule has 3 rings (SSSR count). The lowest BCUT2D eigenvalue weighted by molar-refractivity contribution is -0.140. The number of carbonyl (C=O) groups is 2. The van der Waals surface area contributed by atoms with Crippen molar-refractivity contribution in [1.29, 1.82) is 0 Å². The number of aromatic amines is 1. The van der Waals surface area contributed by atoms with Gasteiger partial charge in [-0.3, -0.25) is 9.59 Å². The number of H-pyrrole nitrogens is 1. The Balaban J connectivity index is 1.57. The summed E-state index contributed by atoms with van der Waals surface area (Å²) in [5.41, 5.74) is 3.50. The molecular formula is C16H18N2O3. The fourth-order valence-corrected chi connectivity index (χ4v) is 2.78. The third-order valence-electron chi connectivity index (χ3n) is 4.15. The van der Waals surface area contributed by atoms with Gasteiger partial charge in [0.1, 0.15) is 0 Å². The van der Waals surface area contributed by atoms with Crippen molar-refractivity contribution in [2.75, 3.05) is 6.54 Å². The smallest absolute Gasteiger partial charge is 0.307 e. The van der Waals surface area contributed by atoms with Crippen molar-refractivity contribution in [2.24, 2.45) is 11.8 Å². The van der Waals surface area contributed by atoms with Gasteiger partial charge in [0, 0.05) is 23.6 Å². The van der Waals surface area contributed by atoms with Crippen LogP contribution in [0, 0.1) is 18.8 Å². The first-order valence-electron chi connectivity index (χ1n) is 7.14. The Hall–Kier alpha value is -2.30. The summed E-state index contributed by atoms with van der Waals surface area (Å²) in [6.45, 7) is 2.59. The fraction of sp³-hybridized carbons (Fsp3) is 0.375. The summed E-state index contributed by atoms with van der Waals surface area (Å²) < 4.78 is 0. The van der Waals surface area contributed by atoms with Crippen LogP contribution < -0.4 is 5.32 Å². The summed E-state index contributed by atoms with van der Waals surface area (Å²) in [6.07, 6.45) is 3.17. The third kappa shape index (κ3) is 2.63. The molecular weight excluding hydrogens is 268 g/mol. The maximum Gasteiger partial charge on any atom is 0.307 e. The number of carboxylic acid groups (broad SMARTS) is 1. The first-order chi connectivity index (χ1) is 10.1. The van der Waals surface area contributed by atoms with Gasteiger partial charge in [0.05, 0.1) is 11.8 Å². The lowest BCUT2D eigenvalue weighted by Gasteiger charge is -2.04. The molecule has 2 aromatic rings. The molecule has 0 unspecified atom stereocenters. The van der Waals surface area contributed by atoms with Crippen molar-refractivity contribution >= 4 is 22.8 Å². The number of carboxylic acids is 1. The van der Waals surface area contributed by atoms with Gasteiger partial charge in [-0.2, -0.15) is 0 Å². The van der Waals surface area contributed by atoms with Gasteiger partial charge in [-0.1, -0.05) is 18.2 Å². The number of nitrogens with one attached hydrogen (secondary N) is 2. The highest BCUT2D eigenvalue weighted by Gasteiger charge is 2.48. The van der Waals surface area contributed by atoms with Crippen LogP contribution in [-0.2, 0) is 16.0 Å². The zero-order chi connectivity index (χ0) is 15.0. The van der Waals surface area contributed by atoms with E-state index in [9.17, 15) is 9.59 Å². The number of amides is 1. The molecule has 1 fully saturated rings. The maximum atomic E-state index is 11.8. The second kappa shape index (κ2) is 5.24. The molecule has 21 heavy (non-hydrogen) atoms. The van der Waals surface area contributed by atoms with E-state index in [1.54, 1.807) is 0 Å². The van der Waals surface area contributed by atoms with Gasteiger partial charge in [-0.15, -0.1) is 0 Å². The topological polar surface area (TPSA) is 82.2 Å². The van der Waals surface area contributed by atoms with E-state index in [0.717, 1.165) is 11.9 Å². The molecule has 0 spiro atoms. The molecule has 1 heterocycles. The van der Waals surface area contributed by atoms with Crippen LogP contribution >= 0.6 is 0 Å². The molecule has 5 nitrogen and oxygen atoms in total. The van der Waals surface area contributed by atoms with Crippen molar-refractivity contribution in [2.45, 2.75) is 19.8 Å². The summed E-state index contributed by atoms with van der Waals surface area (Å²) in [6, 6.07) is 6.15. The van der Waals surface area contributed by atoms with Gasteiger partial charge in [-0.05, 0) is 30.9 Å². The van der Waals surface area contributed by atoms with Gasteiger partial charge in [0.15, 0.2) is 0 Å². The minimum atomic E-state index is -0.873. The van der Waals surface area contributed by atoms with Crippen LogP contribution in [0.15, 0.2) is 24.4 Å². The van der Waals surface area contributed by atoms with Crippen LogP contribution in [0.1, 0.15) is 17.5 Å². The van der Waals surface area contributed by atoms with Crippen LogP contribution in [0.25, 0.3) is 10.9 Å². The maximum absolute atomic E-state index is 11.8. The van der Waals surface area contributed by atoms with Crippen LogP contribution in [0.3, 0.4) is 0 Å². The van der Waals surface area contributed by atoms with Crippen molar-refractivity contribution in [3.63, 3.8) is 0 Å². The number of rotatable bonds is 5. The van der Waals surface area contributed by atoms with Crippen LogP contribution in [0.5, 0.6) is 0 Å². The molecule has 0 bridgehead atoms. The molecule has 5 heteroatoms. The van der Waals surface area contributed by atoms with Crippen LogP contribution in [0.2, 0.25) is 0 Å². The standard InChI is InChI=1S/C16H18N2O3/c1-9-3-2-4-11-10(8-18-14(9)11)5-6-17-15(19)12-7-13(12)16(20)21/h2-4,8,12-13,18H,5-7H2,1H3,(H,17,19)(H,20,21)/t12-,13-/m0/s1. The van der Waals surface area contributed by atoms with E-state index in [1.165, 1.54) is 16.5 Å². The normalized spacial score (nSPS) is 20.4. The number of hydrogen-bond donors (Lipinski definition) is 3. The molecule has 0 aliphatic heterocycles. The first-order valence-corrected chi connectivity index (χ1v) is 7.14. The Kier molecular flexibility index (Phi) is 3.41. The molecule has 1 aromatic carbocycles. The van der Waals surface area contributed by atoms with Gasteiger partial charge in [0.25, 0.3) is 0 Å². The quantitative estimate of drug-likeness (QED) is 0.784. The van der Waals surface area contributed by atoms with Gasteiger partial charge >= 0.3 is 5.97 Å². The molecule has 1 aliphatic carbocycles. The summed E-state index contributed by atoms with van der Waals surface area (Å²) in [4.78, 5) is 25.8. The Morgan fingerprint density at radius 1 is 1.38 bits per heavy atom. The number of aliphatic carboxylic acids is 1. The van der Waals surface area contributed by atoms with E-state index in [2.05, 4.69) is 29.4 Å². The highest BCUT2D eigenvalue weighted by Crippen LogP contribution is 2.38. The molecule has 0 radical (unpaired) electrons. The molecule has 110 valence electrons. The summed E-state index contributed by atoms with van der Waals surface area (Å²) in [7, 11) is 0. The van der Waals surface area contributed by atoms with E-state index in [4.69, 9.17) is 5.11 Å². The fourth-order valence-electron chi connectivity index (χ4n) is 2.78. The van der Waals surface area contributed by atoms with Gasteiger partial charge in [-0.25, -0.2) is 0 Å².